The largest absolute Gasteiger partial charge is 0.340 e. The van der Waals surface area contributed by atoms with Crippen LogP contribution in [0, 0.1) is 5.92 Å². The van der Waals surface area contributed by atoms with Crippen LogP contribution in [0.15, 0.2) is 24.7 Å². The molecular weight excluding hydrogens is 266 g/mol. The molecule has 2 rings (SSSR count). The molecule has 0 aromatic carbocycles. The fraction of sp³-hybridized carbons (Fsp3) is 0.533. The Hall–Kier alpha value is -2.11. The molecule has 2 aromatic heterocycles. The molecule has 0 spiro atoms. The van der Waals surface area contributed by atoms with Gasteiger partial charge in [-0.25, -0.2) is 4.98 Å². The summed E-state index contributed by atoms with van der Waals surface area (Å²) >= 11 is 0. The fourth-order valence-electron chi connectivity index (χ4n) is 2.34. The monoisotopic (exact) mass is 289 g/mol. The predicted molar refractivity (Wildman–Crippen MR) is 80.8 cm³/mol. The number of hydrogen-bond acceptors (Lipinski definition) is 3. The lowest BCUT2D eigenvalue weighted by molar-refractivity contribution is 0.0911. The standard InChI is InChI=1S/C15H23N5O/c1-5-9-20-12(6-7-17-20)15(21)18-13(11(2)3)14-16-8-10-19(14)4/h6-8,10-11,13H,5,9H2,1-4H3,(H,18,21). The Kier molecular flexibility index (Phi) is 4.77. The number of aromatic nitrogens is 4. The Balaban J connectivity index is 2.19. The molecule has 6 nitrogen and oxygen atoms in total. The second kappa shape index (κ2) is 6.56. The molecule has 1 atom stereocenters. The van der Waals surface area contributed by atoms with Crippen molar-refractivity contribution in [3.63, 3.8) is 0 Å². The summed E-state index contributed by atoms with van der Waals surface area (Å²) in [5.74, 6) is 1.00. The molecule has 0 aliphatic carbocycles. The average Bonchev–Trinajstić information content (AvgIpc) is 3.05. The summed E-state index contributed by atoms with van der Waals surface area (Å²) in [6.07, 6.45) is 6.24. The van der Waals surface area contributed by atoms with Crippen molar-refractivity contribution < 1.29 is 4.79 Å². The number of rotatable bonds is 6. The van der Waals surface area contributed by atoms with Gasteiger partial charge in [-0.3, -0.25) is 9.48 Å². The number of aryl methyl sites for hydroxylation is 2. The number of carbonyl (C=O) groups is 1. The van der Waals surface area contributed by atoms with E-state index in [1.165, 1.54) is 0 Å². The zero-order valence-electron chi connectivity index (χ0n) is 13.1. The van der Waals surface area contributed by atoms with Crippen LogP contribution in [0.4, 0.5) is 0 Å². The van der Waals surface area contributed by atoms with Crippen molar-refractivity contribution >= 4 is 5.91 Å². The van der Waals surface area contributed by atoms with E-state index in [1.54, 1.807) is 23.1 Å². The molecule has 0 bridgehead atoms. The minimum absolute atomic E-state index is 0.109. The molecule has 0 radical (unpaired) electrons. The second-order valence-electron chi connectivity index (χ2n) is 5.53. The summed E-state index contributed by atoms with van der Waals surface area (Å²) < 4.78 is 3.68. The van der Waals surface area contributed by atoms with Crippen LogP contribution in [0.3, 0.4) is 0 Å². The average molecular weight is 289 g/mol. The lowest BCUT2D eigenvalue weighted by Gasteiger charge is -2.22. The number of hydrogen-bond donors (Lipinski definition) is 1. The molecule has 2 aromatic rings. The van der Waals surface area contributed by atoms with Crippen LogP contribution in [0.2, 0.25) is 0 Å². The number of carbonyl (C=O) groups excluding carboxylic acids is 1. The Morgan fingerprint density at radius 2 is 2.14 bits per heavy atom. The Morgan fingerprint density at radius 1 is 1.38 bits per heavy atom. The first-order valence-corrected chi connectivity index (χ1v) is 7.34. The number of amides is 1. The van der Waals surface area contributed by atoms with Crippen LogP contribution in [0.5, 0.6) is 0 Å². The third-order valence-corrected chi connectivity index (χ3v) is 3.47. The summed E-state index contributed by atoms with van der Waals surface area (Å²) in [7, 11) is 1.94. The van der Waals surface area contributed by atoms with Crippen LogP contribution in [-0.4, -0.2) is 25.2 Å². The quantitative estimate of drug-likeness (QED) is 0.886. The molecule has 0 aliphatic rings. The summed E-state index contributed by atoms with van der Waals surface area (Å²) in [4.78, 5) is 16.9. The highest BCUT2D eigenvalue weighted by Gasteiger charge is 2.23. The molecule has 114 valence electrons. The lowest BCUT2D eigenvalue weighted by Crippen LogP contribution is -2.34. The van der Waals surface area contributed by atoms with Gasteiger partial charge in [0.25, 0.3) is 5.91 Å². The molecule has 6 heteroatoms. The van der Waals surface area contributed by atoms with Crippen molar-refractivity contribution in [2.24, 2.45) is 13.0 Å². The van der Waals surface area contributed by atoms with Crippen molar-refractivity contribution in [3.8, 4) is 0 Å². The molecule has 2 heterocycles. The smallest absolute Gasteiger partial charge is 0.270 e. The molecule has 0 fully saturated rings. The highest BCUT2D eigenvalue weighted by atomic mass is 16.2. The maximum Gasteiger partial charge on any atom is 0.270 e. The van der Waals surface area contributed by atoms with E-state index >= 15 is 0 Å². The van der Waals surface area contributed by atoms with Crippen LogP contribution in [0.1, 0.15) is 49.5 Å². The summed E-state index contributed by atoms with van der Waals surface area (Å²) in [6.45, 7) is 6.95. The van der Waals surface area contributed by atoms with Gasteiger partial charge >= 0.3 is 0 Å². The summed E-state index contributed by atoms with van der Waals surface area (Å²) in [5.41, 5.74) is 0.594. The SMILES string of the molecule is CCCn1nccc1C(=O)NC(c1nccn1C)C(C)C. The number of nitrogens with zero attached hydrogens (tertiary/aromatic N) is 4. The zero-order chi connectivity index (χ0) is 15.4. The predicted octanol–water partition coefficient (Wildman–Crippen LogP) is 2.15. The van der Waals surface area contributed by atoms with E-state index in [2.05, 4.69) is 36.2 Å². The summed E-state index contributed by atoms with van der Waals surface area (Å²) in [6, 6.07) is 1.63. The second-order valence-corrected chi connectivity index (χ2v) is 5.53. The van der Waals surface area contributed by atoms with Crippen molar-refractivity contribution in [2.45, 2.75) is 39.8 Å². The molecule has 0 aliphatic heterocycles. The van der Waals surface area contributed by atoms with Gasteiger partial charge in [0.15, 0.2) is 0 Å². The third-order valence-electron chi connectivity index (χ3n) is 3.47. The van der Waals surface area contributed by atoms with Crippen LogP contribution < -0.4 is 5.32 Å². The highest BCUT2D eigenvalue weighted by molar-refractivity contribution is 5.92. The van der Waals surface area contributed by atoms with Gasteiger partial charge in [-0.05, 0) is 18.4 Å². The maximum atomic E-state index is 12.5. The van der Waals surface area contributed by atoms with Crippen molar-refractivity contribution in [1.29, 1.82) is 0 Å². The van der Waals surface area contributed by atoms with E-state index in [0.717, 1.165) is 18.8 Å². The van der Waals surface area contributed by atoms with Gasteiger partial charge in [0.1, 0.15) is 11.5 Å². The van der Waals surface area contributed by atoms with E-state index in [9.17, 15) is 4.79 Å². The fourth-order valence-corrected chi connectivity index (χ4v) is 2.34. The van der Waals surface area contributed by atoms with E-state index in [1.807, 2.05) is 17.8 Å². The van der Waals surface area contributed by atoms with Crippen molar-refractivity contribution in [2.75, 3.05) is 0 Å². The van der Waals surface area contributed by atoms with Crippen LogP contribution in [0.25, 0.3) is 0 Å². The van der Waals surface area contributed by atoms with Crippen LogP contribution in [-0.2, 0) is 13.6 Å². The van der Waals surface area contributed by atoms with Gasteiger partial charge in [0, 0.05) is 32.2 Å². The van der Waals surface area contributed by atoms with Crippen LogP contribution >= 0.6 is 0 Å². The van der Waals surface area contributed by atoms with Gasteiger partial charge in [-0.15, -0.1) is 0 Å². The zero-order valence-corrected chi connectivity index (χ0v) is 13.1. The Morgan fingerprint density at radius 3 is 2.71 bits per heavy atom. The Labute approximate surface area is 125 Å². The maximum absolute atomic E-state index is 12.5. The topological polar surface area (TPSA) is 64.7 Å². The van der Waals surface area contributed by atoms with Gasteiger partial charge in [-0.2, -0.15) is 5.10 Å². The van der Waals surface area contributed by atoms with Gasteiger partial charge in [0.05, 0.1) is 6.04 Å². The molecular formula is C15H23N5O. The van der Waals surface area contributed by atoms with Gasteiger partial charge in [0.2, 0.25) is 0 Å². The Bertz CT molecular complexity index is 599. The van der Waals surface area contributed by atoms with Gasteiger partial charge in [-0.1, -0.05) is 20.8 Å². The first-order chi connectivity index (χ1) is 10.0. The van der Waals surface area contributed by atoms with Crippen molar-refractivity contribution in [3.05, 3.63) is 36.2 Å². The molecule has 0 saturated carbocycles. The van der Waals surface area contributed by atoms with Gasteiger partial charge < -0.3 is 9.88 Å². The first kappa shape index (κ1) is 15.3. The van der Waals surface area contributed by atoms with Crippen molar-refractivity contribution in [1.82, 2.24) is 24.6 Å². The number of nitrogens with one attached hydrogen (secondary N) is 1. The van der Waals surface area contributed by atoms with E-state index < -0.39 is 0 Å². The van der Waals surface area contributed by atoms with E-state index in [4.69, 9.17) is 0 Å². The minimum atomic E-state index is -0.123. The number of imidazole rings is 1. The van der Waals surface area contributed by atoms with E-state index in [0.29, 0.717) is 5.69 Å². The lowest BCUT2D eigenvalue weighted by atomic mass is 10.0. The normalized spacial score (nSPS) is 12.6. The molecule has 1 amide bonds. The first-order valence-electron chi connectivity index (χ1n) is 7.34. The molecule has 1 N–H and O–H groups in total. The van der Waals surface area contributed by atoms with E-state index in [-0.39, 0.29) is 17.9 Å². The molecule has 0 saturated heterocycles. The minimum Gasteiger partial charge on any atom is -0.340 e. The molecule has 1 unspecified atom stereocenters. The summed E-state index contributed by atoms with van der Waals surface area (Å²) in [5, 5.41) is 7.27. The molecule has 21 heavy (non-hydrogen) atoms. The highest BCUT2D eigenvalue weighted by Crippen LogP contribution is 2.20. The third kappa shape index (κ3) is 3.32.